The first-order chi connectivity index (χ1) is 7.16. The van der Waals surface area contributed by atoms with Crippen LogP contribution in [0.1, 0.15) is 6.92 Å². The highest BCUT2D eigenvalue weighted by Crippen LogP contribution is 2.06. The number of benzene rings is 1. The van der Waals surface area contributed by atoms with Crippen molar-refractivity contribution in [3.63, 3.8) is 0 Å². The van der Waals surface area contributed by atoms with Crippen LogP contribution >= 0.6 is 0 Å². The summed E-state index contributed by atoms with van der Waals surface area (Å²) in [6.45, 7) is 5.02. The topological polar surface area (TPSA) is 57.0 Å². The molecule has 2 rings (SSSR count). The smallest absolute Gasteiger partial charge is 0.297 e. The van der Waals surface area contributed by atoms with Crippen molar-refractivity contribution >= 4 is 17.0 Å². The summed E-state index contributed by atoms with van der Waals surface area (Å²) in [5, 5.41) is 7.91. The predicted octanol–water partition coefficient (Wildman–Crippen LogP) is 0.963. The molecule has 0 saturated carbocycles. The maximum Gasteiger partial charge on any atom is 0.362 e. The van der Waals surface area contributed by atoms with E-state index in [0.717, 1.165) is 4.96 Å². The monoisotopic (exact) mass is 203 g/mol. The zero-order chi connectivity index (χ0) is 10.8. The molecular weight excluding hydrogens is 194 g/mol. The Morgan fingerprint density at radius 2 is 1.87 bits per heavy atom. The molecule has 5 nitrogen and oxygen atoms in total. The van der Waals surface area contributed by atoms with E-state index in [-0.39, 0.29) is 0 Å². The second kappa shape index (κ2) is 3.53. The quantitative estimate of drug-likeness (QED) is 0.682. The summed E-state index contributed by atoms with van der Waals surface area (Å²) >= 11 is 0. The Bertz CT molecular complexity index is 497. The molecule has 76 valence electrons. The van der Waals surface area contributed by atoms with Crippen molar-refractivity contribution in [1.82, 2.24) is 15.2 Å². The fraction of sp³-hybridized carbons (Fsp3) is 0.100. The molecule has 15 heavy (non-hydrogen) atoms. The average Bonchev–Trinajstić information content (AvgIpc) is 2.59. The lowest BCUT2D eigenvalue weighted by molar-refractivity contribution is -0.142. The molecular formula is C10H9N3O2. The highest BCUT2D eigenvalue weighted by molar-refractivity contribution is 5.87. The Balaban J connectivity index is 2.30. The number of hydrogen-bond acceptors (Lipinski definition) is 4. The van der Waals surface area contributed by atoms with E-state index < -0.39 is 5.97 Å². The van der Waals surface area contributed by atoms with Gasteiger partial charge in [0, 0.05) is 10.5 Å². The molecule has 0 spiro atoms. The normalized spacial score (nSPS) is 10.2. The molecule has 0 atom stereocenters. The van der Waals surface area contributed by atoms with E-state index in [1.165, 1.54) is 0 Å². The lowest BCUT2D eigenvalue weighted by Crippen LogP contribution is -2.22. The Kier molecular flexibility index (Phi) is 2.21. The van der Waals surface area contributed by atoms with Crippen molar-refractivity contribution in [2.45, 2.75) is 6.92 Å². The molecule has 0 aliphatic carbocycles. The van der Waals surface area contributed by atoms with E-state index >= 15 is 0 Å². The summed E-state index contributed by atoms with van der Waals surface area (Å²) in [5.41, 5.74) is 1.65. The predicted molar refractivity (Wildman–Crippen MR) is 53.9 cm³/mol. The van der Waals surface area contributed by atoms with Crippen LogP contribution in [0.3, 0.4) is 0 Å². The highest BCUT2D eigenvalue weighted by Gasteiger charge is 2.08. The van der Waals surface area contributed by atoms with E-state index in [9.17, 15) is 4.79 Å². The van der Waals surface area contributed by atoms with Gasteiger partial charge in [-0.15, -0.1) is 10.2 Å². The second-order valence-electron chi connectivity index (χ2n) is 3.10. The van der Waals surface area contributed by atoms with Gasteiger partial charge in [0.1, 0.15) is 11.0 Å². The van der Waals surface area contributed by atoms with E-state index in [1.807, 2.05) is 12.1 Å². The molecule has 5 heteroatoms. The zero-order valence-corrected chi connectivity index (χ0v) is 8.17. The van der Waals surface area contributed by atoms with Crippen molar-refractivity contribution in [3.05, 3.63) is 36.4 Å². The lowest BCUT2D eigenvalue weighted by atomic mass is 10.3. The molecule has 1 aromatic heterocycles. The van der Waals surface area contributed by atoms with Crippen LogP contribution in [0.15, 0.2) is 36.4 Å². The maximum atomic E-state index is 11.2. The van der Waals surface area contributed by atoms with Gasteiger partial charge in [0.25, 0.3) is 0 Å². The standard InChI is InChI=1S/C10H9N3O2/c1-7(2)10(14)15-13-11-8-5-3-4-6-9(8)12-13/h3-6H,1H2,2H3. The SMILES string of the molecule is C=C(C)C(=O)On1nc2ccccc2n1. The number of rotatable bonds is 2. The summed E-state index contributed by atoms with van der Waals surface area (Å²) in [7, 11) is 0. The Morgan fingerprint density at radius 3 is 2.33 bits per heavy atom. The van der Waals surface area contributed by atoms with E-state index in [1.54, 1.807) is 19.1 Å². The third kappa shape index (κ3) is 1.85. The second-order valence-corrected chi connectivity index (χ2v) is 3.10. The van der Waals surface area contributed by atoms with E-state index in [0.29, 0.717) is 16.6 Å². The van der Waals surface area contributed by atoms with Gasteiger partial charge in [0.2, 0.25) is 0 Å². The van der Waals surface area contributed by atoms with Gasteiger partial charge in [0.05, 0.1) is 0 Å². The third-order valence-electron chi connectivity index (χ3n) is 1.78. The highest BCUT2D eigenvalue weighted by atomic mass is 16.7. The Morgan fingerprint density at radius 1 is 1.33 bits per heavy atom. The first-order valence-corrected chi connectivity index (χ1v) is 4.37. The van der Waals surface area contributed by atoms with Gasteiger partial charge in [-0.05, 0) is 19.1 Å². The Hall–Kier alpha value is -2.17. The van der Waals surface area contributed by atoms with Crippen LogP contribution in [-0.2, 0) is 4.79 Å². The molecule has 0 aliphatic heterocycles. The van der Waals surface area contributed by atoms with Crippen LogP contribution < -0.4 is 4.84 Å². The summed E-state index contributed by atoms with van der Waals surface area (Å²) in [4.78, 5) is 16.9. The molecule has 0 fully saturated rings. The van der Waals surface area contributed by atoms with Crippen molar-refractivity contribution in [2.24, 2.45) is 0 Å². The van der Waals surface area contributed by atoms with Crippen LogP contribution in [0, 0.1) is 0 Å². The molecule has 1 aromatic carbocycles. The van der Waals surface area contributed by atoms with Crippen LogP contribution in [-0.4, -0.2) is 21.1 Å². The first kappa shape index (κ1) is 9.39. The third-order valence-corrected chi connectivity index (χ3v) is 1.78. The molecule has 0 unspecified atom stereocenters. The average molecular weight is 203 g/mol. The fourth-order valence-corrected chi connectivity index (χ4v) is 1.03. The number of aromatic nitrogens is 3. The molecule has 0 N–H and O–H groups in total. The van der Waals surface area contributed by atoms with Crippen molar-refractivity contribution in [2.75, 3.05) is 0 Å². The van der Waals surface area contributed by atoms with Gasteiger partial charge in [-0.25, -0.2) is 4.79 Å². The molecule has 0 aliphatic rings. The van der Waals surface area contributed by atoms with Gasteiger partial charge >= 0.3 is 5.97 Å². The molecule has 0 saturated heterocycles. The molecule has 0 bridgehead atoms. The molecule has 0 radical (unpaired) electrons. The van der Waals surface area contributed by atoms with Crippen LogP contribution in [0.25, 0.3) is 11.0 Å². The van der Waals surface area contributed by atoms with Crippen molar-refractivity contribution in [1.29, 1.82) is 0 Å². The minimum atomic E-state index is -0.546. The first-order valence-electron chi connectivity index (χ1n) is 4.37. The minimum absolute atomic E-state index is 0.302. The number of carbonyl (C=O) groups excluding carboxylic acids is 1. The van der Waals surface area contributed by atoms with Crippen LogP contribution in [0.4, 0.5) is 0 Å². The zero-order valence-electron chi connectivity index (χ0n) is 8.17. The van der Waals surface area contributed by atoms with Crippen LogP contribution in [0.5, 0.6) is 0 Å². The van der Waals surface area contributed by atoms with E-state index in [4.69, 9.17) is 4.84 Å². The van der Waals surface area contributed by atoms with Crippen molar-refractivity contribution in [3.8, 4) is 0 Å². The number of fused-ring (bicyclic) bond motifs is 1. The minimum Gasteiger partial charge on any atom is -0.297 e. The van der Waals surface area contributed by atoms with Gasteiger partial charge in [-0.3, -0.25) is 4.84 Å². The van der Waals surface area contributed by atoms with E-state index in [2.05, 4.69) is 16.8 Å². The summed E-state index contributed by atoms with van der Waals surface area (Å²) in [6.07, 6.45) is 0. The fourth-order valence-electron chi connectivity index (χ4n) is 1.03. The van der Waals surface area contributed by atoms with Crippen molar-refractivity contribution < 1.29 is 9.63 Å². The van der Waals surface area contributed by atoms with Gasteiger partial charge < -0.3 is 0 Å². The maximum absolute atomic E-state index is 11.2. The molecule has 1 heterocycles. The molecule has 0 amide bonds. The summed E-state index contributed by atoms with van der Waals surface area (Å²) in [6, 6.07) is 7.24. The summed E-state index contributed by atoms with van der Waals surface area (Å²) < 4.78 is 0. The van der Waals surface area contributed by atoms with Gasteiger partial charge in [0.15, 0.2) is 0 Å². The number of nitrogens with zero attached hydrogens (tertiary/aromatic N) is 3. The van der Waals surface area contributed by atoms with Gasteiger partial charge in [-0.2, -0.15) is 0 Å². The van der Waals surface area contributed by atoms with Crippen LogP contribution in [0.2, 0.25) is 0 Å². The lowest BCUT2D eigenvalue weighted by Gasteiger charge is -1.98. The number of hydrogen-bond donors (Lipinski definition) is 0. The van der Waals surface area contributed by atoms with Gasteiger partial charge in [-0.1, -0.05) is 18.7 Å². The molecule has 2 aromatic rings. The Labute approximate surface area is 85.9 Å². The summed E-state index contributed by atoms with van der Waals surface area (Å²) in [5.74, 6) is -0.546. The largest absolute Gasteiger partial charge is 0.362 e. The number of carbonyl (C=O) groups is 1.